The van der Waals surface area contributed by atoms with Crippen molar-refractivity contribution in [2.75, 3.05) is 17.7 Å². The zero-order valence-electron chi connectivity index (χ0n) is 10.2. The number of nitrogen functional groups attached to an aromatic ring is 1. The third kappa shape index (κ3) is 3.16. The monoisotopic (exact) mass is 382 g/mol. The van der Waals surface area contributed by atoms with Crippen molar-refractivity contribution in [1.29, 1.82) is 0 Å². The van der Waals surface area contributed by atoms with Crippen LogP contribution in [0.4, 0.5) is 11.4 Å². The van der Waals surface area contributed by atoms with Crippen LogP contribution in [0.3, 0.4) is 0 Å². The molecule has 0 aliphatic rings. The van der Waals surface area contributed by atoms with Gasteiger partial charge in [0.15, 0.2) is 0 Å². The Morgan fingerprint density at radius 3 is 2.37 bits per heavy atom. The molecule has 2 rings (SSSR count). The van der Waals surface area contributed by atoms with E-state index in [9.17, 15) is 4.79 Å². The second-order valence-corrected chi connectivity index (χ2v) is 5.85. The fourth-order valence-electron chi connectivity index (χ4n) is 1.66. The first-order valence-electron chi connectivity index (χ1n) is 5.57. The van der Waals surface area contributed by atoms with E-state index in [1.165, 1.54) is 0 Å². The second-order valence-electron chi connectivity index (χ2n) is 4.08. The Kier molecular flexibility index (Phi) is 4.27. The van der Waals surface area contributed by atoms with Crippen molar-refractivity contribution >= 4 is 49.1 Å². The summed E-state index contributed by atoms with van der Waals surface area (Å²) in [5.41, 5.74) is 7.72. The van der Waals surface area contributed by atoms with E-state index in [1.54, 1.807) is 30.1 Å². The Morgan fingerprint density at radius 1 is 1.11 bits per heavy atom. The first-order chi connectivity index (χ1) is 8.99. The molecule has 0 unspecified atom stereocenters. The number of rotatable bonds is 2. The molecular formula is C14H12Br2N2O. The van der Waals surface area contributed by atoms with Crippen LogP contribution in [-0.2, 0) is 0 Å². The van der Waals surface area contributed by atoms with Gasteiger partial charge in [0.05, 0.1) is 5.56 Å². The topological polar surface area (TPSA) is 46.3 Å². The number of hydrogen-bond donors (Lipinski definition) is 1. The number of amides is 1. The molecule has 0 aliphatic heterocycles. The Bertz CT molecular complexity index is 611. The molecule has 1 amide bonds. The van der Waals surface area contributed by atoms with Crippen molar-refractivity contribution in [2.24, 2.45) is 0 Å². The number of nitrogens with zero attached hydrogens (tertiary/aromatic N) is 1. The van der Waals surface area contributed by atoms with E-state index >= 15 is 0 Å². The highest BCUT2D eigenvalue weighted by Crippen LogP contribution is 2.25. The van der Waals surface area contributed by atoms with E-state index in [2.05, 4.69) is 31.9 Å². The number of carbonyl (C=O) groups excluding carboxylic acids is 1. The van der Waals surface area contributed by atoms with Crippen molar-refractivity contribution < 1.29 is 4.79 Å². The lowest BCUT2D eigenvalue weighted by Gasteiger charge is -2.18. The van der Waals surface area contributed by atoms with E-state index < -0.39 is 0 Å². The molecule has 0 heterocycles. The maximum Gasteiger partial charge on any atom is 0.259 e. The van der Waals surface area contributed by atoms with Gasteiger partial charge in [-0.1, -0.05) is 15.9 Å². The van der Waals surface area contributed by atoms with Gasteiger partial charge in [0.25, 0.3) is 5.91 Å². The maximum atomic E-state index is 12.4. The quantitative estimate of drug-likeness (QED) is 0.794. The van der Waals surface area contributed by atoms with Crippen LogP contribution in [0.5, 0.6) is 0 Å². The van der Waals surface area contributed by atoms with E-state index in [1.807, 2.05) is 24.3 Å². The number of anilines is 2. The summed E-state index contributed by atoms with van der Waals surface area (Å²) < 4.78 is 1.63. The number of carbonyl (C=O) groups is 1. The average Bonchev–Trinajstić information content (AvgIpc) is 2.41. The third-order valence-corrected chi connectivity index (χ3v) is 3.93. The average molecular weight is 384 g/mol. The van der Waals surface area contributed by atoms with Gasteiger partial charge >= 0.3 is 0 Å². The van der Waals surface area contributed by atoms with Gasteiger partial charge in [-0.15, -0.1) is 0 Å². The van der Waals surface area contributed by atoms with Gasteiger partial charge in [-0.05, 0) is 58.4 Å². The number of hydrogen-bond acceptors (Lipinski definition) is 2. The summed E-state index contributed by atoms with van der Waals surface area (Å²) in [5.74, 6) is -0.0852. The lowest BCUT2D eigenvalue weighted by atomic mass is 10.2. The number of benzene rings is 2. The molecule has 0 aromatic heterocycles. The Hall–Kier alpha value is -1.33. The molecule has 19 heavy (non-hydrogen) atoms. The molecule has 2 aromatic rings. The van der Waals surface area contributed by atoms with E-state index in [0.29, 0.717) is 11.3 Å². The largest absolute Gasteiger partial charge is 0.399 e. The molecule has 3 nitrogen and oxygen atoms in total. The summed E-state index contributed by atoms with van der Waals surface area (Å²) in [6.07, 6.45) is 0. The summed E-state index contributed by atoms with van der Waals surface area (Å²) in [4.78, 5) is 14.0. The van der Waals surface area contributed by atoms with Crippen LogP contribution >= 0.6 is 31.9 Å². The van der Waals surface area contributed by atoms with E-state index in [4.69, 9.17) is 5.73 Å². The zero-order valence-corrected chi connectivity index (χ0v) is 13.4. The van der Waals surface area contributed by atoms with Crippen LogP contribution in [-0.4, -0.2) is 13.0 Å². The van der Waals surface area contributed by atoms with Crippen molar-refractivity contribution in [2.45, 2.75) is 0 Å². The van der Waals surface area contributed by atoms with Crippen molar-refractivity contribution in [3.63, 3.8) is 0 Å². The molecule has 0 atom stereocenters. The molecule has 0 fully saturated rings. The molecule has 0 saturated heterocycles. The van der Waals surface area contributed by atoms with Crippen LogP contribution in [0.1, 0.15) is 10.4 Å². The maximum absolute atomic E-state index is 12.4. The van der Waals surface area contributed by atoms with Gasteiger partial charge in [-0.3, -0.25) is 4.79 Å². The normalized spacial score (nSPS) is 10.3. The predicted molar refractivity (Wildman–Crippen MR) is 85.4 cm³/mol. The van der Waals surface area contributed by atoms with Gasteiger partial charge < -0.3 is 10.6 Å². The molecule has 0 saturated carbocycles. The summed E-state index contributed by atoms with van der Waals surface area (Å²) >= 11 is 6.77. The molecule has 5 heteroatoms. The highest BCUT2D eigenvalue weighted by Gasteiger charge is 2.16. The molecule has 2 aromatic carbocycles. The first kappa shape index (κ1) is 14.1. The molecule has 0 aliphatic carbocycles. The van der Waals surface area contributed by atoms with Gasteiger partial charge in [0.1, 0.15) is 0 Å². The fourth-order valence-corrected chi connectivity index (χ4v) is 2.43. The summed E-state index contributed by atoms with van der Waals surface area (Å²) in [7, 11) is 1.74. The number of nitrogens with two attached hydrogens (primary N) is 1. The van der Waals surface area contributed by atoms with Crippen molar-refractivity contribution in [3.8, 4) is 0 Å². The van der Waals surface area contributed by atoms with E-state index in [0.717, 1.165) is 14.6 Å². The van der Waals surface area contributed by atoms with Crippen LogP contribution in [0, 0.1) is 0 Å². The number of halogens is 2. The third-order valence-electron chi connectivity index (χ3n) is 2.74. The minimum Gasteiger partial charge on any atom is -0.399 e. The molecule has 0 radical (unpaired) electrons. The molecule has 0 bridgehead atoms. The van der Waals surface area contributed by atoms with Crippen molar-refractivity contribution in [1.82, 2.24) is 0 Å². The molecule has 98 valence electrons. The summed E-state index contributed by atoms with van der Waals surface area (Å²) in [5, 5.41) is 0. The van der Waals surface area contributed by atoms with E-state index in [-0.39, 0.29) is 5.91 Å². The van der Waals surface area contributed by atoms with Gasteiger partial charge in [-0.2, -0.15) is 0 Å². The predicted octanol–water partition coefficient (Wildman–Crippen LogP) is 4.07. The second kappa shape index (κ2) is 5.75. The van der Waals surface area contributed by atoms with Crippen LogP contribution in [0.25, 0.3) is 0 Å². The van der Waals surface area contributed by atoms with Gasteiger partial charge in [0, 0.05) is 27.4 Å². The van der Waals surface area contributed by atoms with Gasteiger partial charge in [-0.25, -0.2) is 0 Å². The molecular weight excluding hydrogens is 372 g/mol. The first-order valence-corrected chi connectivity index (χ1v) is 7.16. The van der Waals surface area contributed by atoms with Crippen molar-refractivity contribution in [3.05, 3.63) is 57.0 Å². The standard InChI is InChI=1S/C14H12Br2N2O/c1-18(11-5-3-10(17)4-6-11)14(19)12-8-9(15)2-7-13(12)16/h2-8H,17H2,1H3. The lowest BCUT2D eigenvalue weighted by Crippen LogP contribution is -2.26. The summed E-state index contributed by atoms with van der Waals surface area (Å²) in [6, 6.07) is 12.7. The van der Waals surface area contributed by atoms with Crippen LogP contribution in [0.15, 0.2) is 51.4 Å². The highest BCUT2D eigenvalue weighted by molar-refractivity contribution is 9.11. The van der Waals surface area contributed by atoms with Crippen LogP contribution < -0.4 is 10.6 Å². The zero-order chi connectivity index (χ0) is 14.0. The Labute approximate surface area is 128 Å². The van der Waals surface area contributed by atoms with Gasteiger partial charge in [0.2, 0.25) is 0 Å². The van der Waals surface area contributed by atoms with Crippen LogP contribution in [0.2, 0.25) is 0 Å². The molecule has 2 N–H and O–H groups in total. The summed E-state index contributed by atoms with van der Waals surface area (Å²) in [6.45, 7) is 0. The lowest BCUT2D eigenvalue weighted by molar-refractivity contribution is 0.0992. The molecule has 0 spiro atoms. The Balaban J connectivity index is 2.33. The minimum atomic E-state index is -0.0852. The Morgan fingerprint density at radius 2 is 1.74 bits per heavy atom. The minimum absolute atomic E-state index is 0.0852. The highest BCUT2D eigenvalue weighted by atomic mass is 79.9. The fraction of sp³-hybridized carbons (Fsp3) is 0.0714. The smallest absolute Gasteiger partial charge is 0.259 e. The SMILES string of the molecule is CN(C(=O)c1cc(Br)ccc1Br)c1ccc(N)cc1.